The van der Waals surface area contributed by atoms with Crippen LogP contribution in [0.3, 0.4) is 0 Å². The summed E-state index contributed by atoms with van der Waals surface area (Å²) in [5, 5.41) is 6.02. The summed E-state index contributed by atoms with van der Waals surface area (Å²) in [7, 11) is 3.17. The van der Waals surface area contributed by atoms with Gasteiger partial charge in [0.05, 0.1) is 25.5 Å². The highest BCUT2D eigenvalue weighted by molar-refractivity contribution is 6.07. The van der Waals surface area contributed by atoms with Crippen molar-refractivity contribution in [3.05, 3.63) is 72.4 Å². The Balaban J connectivity index is 1.85. The summed E-state index contributed by atoms with van der Waals surface area (Å²) >= 11 is 0. The van der Waals surface area contributed by atoms with E-state index in [4.69, 9.17) is 9.47 Å². The van der Waals surface area contributed by atoms with Gasteiger partial charge in [-0.15, -0.1) is 0 Å². The summed E-state index contributed by atoms with van der Waals surface area (Å²) in [6, 6.07) is 18.0. The van der Waals surface area contributed by atoms with Crippen LogP contribution in [0.5, 0.6) is 11.5 Å². The van der Waals surface area contributed by atoms with Gasteiger partial charge in [0.25, 0.3) is 5.91 Å². The molecule has 0 atom stereocenters. The summed E-state index contributed by atoms with van der Waals surface area (Å²) in [4.78, 5) is 17.0. The molecule has 132 valence electrons. The molecule has 0 spiro atoms. The summed E-state index contributed by atoms with van der Waals surface area (Å²) in [5.74, 6) is 1.50. The van der Waals surface area contributed by atoms with Gasteiger partial charge in [0.15, 0.2) is 0 Å². The van der Waals surface area contributed by atoms with Crippen molar-refractivity contribution < 1.29 is 14.3 Å². The van der Waals surface area contributed by atoms with Gasteiger partial charge in [0.2, 0.25) is 0 Å². The number of hydrogen-bond donors (Lipinski definition) is 2. The number of amides is 1. The lowest BCUT2D eigenvalue weighted by Gasteiger charge is -2.13. The van der Waals surface area contributed by atoms with Gasteiger partial charge in [0.1, 0.15) is 17.3 Å². The lowest BCUT2D eigenvalue weighted by atomic mass is 10.2. The number of para-hydroxylation sites is 2. The summed E-state index contributed by atoms with van der Waals surface area (Å²) in [6.45, 7) is 0. The minimum absolute atomic E-state index is 0.274. The molecule has 3 rings (SSSR count). The topological polar surface area (TPSA) is 72.5 Å². The molecule has 26 heavy (non-hydrogen) atoms. The van der Waals surface area contributed by atoms with Crippen LogP contribution in [0.1, 0.15) is 10.4 Å². The van der Waals surface area contributed by atoms with E-state index in [1.165, 1.54) is 0 Å². The fraction of sp³-hybridized carbons (Fsp3) is 0.100. The first kappa shape index (κ1) is 17.3. The number of hydrogen-bond acceptors (Lipinski definition) is 5. The van der Waals surface area contributed by atoms with Crippen LogP contribution in [-0.2, 0) is 0 Å². The first-order valence-electron chi connectivity index (χ1n) is 8.01. The largest absolute Gasteiger partial charge is 0.497 e. The molecule has 3 aromatic rings. The molecule has 0 radical (unpaired) electrons. The molecule has 0 bridgehead atoms. The monoisotopic (exact) mass is 349 g/mol. The van der Waals surface area contributed by atoms with Crippen LogP contribution in [0.2, 0.25) is 0 Å². The summed E-state index contributed by atoms with van der Waals surface area (Å²) in [5.41, 5.74) is 1.78. The predicted octanol–water partition coefficient (Wildman–Crippen LogP) is 4.09. The van der Waals surface area contributed by atoms with Crippen molar-refractivity contribution >= 4 is 23.1 Å². The Kier molecular flexibility index (Phi) is 5.34. The van der Waals surface area contributed by atoms with Crippen molar-refractivity contribution in [2.45, 2.75) is 0 Å². The minimum Gasteiger partial charge on any atom is -0.497 e. The number of pyridine rings is 1. The molecule has 1 aromatic heterocycles. The third kappa shape index (κ3) is 3.92. The van der Waals surface area contributed by atoms with E-state index in [0.29, 0.717) is 28.6 Å². The molecular formula is C20H19N3O3. The Hall–Kier alpha value is -3.54. The van der Waals surface area contributed by atoms with Crippen molar-refractivity contribution in [3.63, 3.8) is 0 Å². The normalized spacial score (nSPS) is 10.1. The Morgan fingerprint density at radius 3 is 2.62 bits per heavy atom. The maximum Gasteiger partial charge on any atom is 0.259 e. The van der Waals surface area contributed by atoms with Crippen molar-refractivity contribution in [3.8, 4) is 11.5 Å². The molecule has 0 aliphatic carbocycles. The van der Waals surface area contributed by atoms with E-state index in [1.807, 2.05) is 36.4 Å². The Morgan fingerprint density at radius 2 is 1.81 bits per heavy atom. The molecule has 6 heteroatoms. The number of aromatic nitrogens is 1. The van der Waals surface area contributed by atoms with Crippen LogP contribution in [0, 0.1) is 0 Å². The molecule has 0 saturated carbocycles. The number of anilines is 3. The summed E-state index contributed by atoms with van der Waals surface area (Å²) < 4.78 is 10.5. The van der Waals surface area contributed by atoms with E-state index in [2.05, 4.69) is 15.6 Å². The molecule has 1 amide bonds. The fourth-order valence-electron chi connectivity index (χ4n) is 2.46. The van der Waals surface area contributed by atoms with Crippen molar-refractivity contribution in [2.75, 3.05) is 24.9 Å². The van der Waals surface area contributed by atoms with Crippen LogP contribution >= 0.6 is 0 Å². The van der Waals surface area contributed by atoms with E-state index in [-0.39, 0.29) is 5.91 Å². The van der Waals surface area contributed by atoms with Gasteiger partial charge < -0.3 is 20.1 Å². The van der Waals surface area contributed by atoms with E-state index in [0.717, 1.165) is 5.69 Å². The molecule has 0 aliphatic rings. The third-order valence-corrected chi connectivity index (χ3v) is 3.74. The number of carbonyl (C=O) groups excluding carboxylic acids is 1. The third-order valence-electron chi connectivity index (χ3n) is 3.74. The molecular weight excluding hydrogens is 330 g/mol. The van der Waals surface area contributed by atoms with Crippen LogP contribution in [0.15, 0.2) is 66.9 Å². The molecule has 0 aliphatic heterocycles. The van der Waals surface area contributed by atoms with E-state index in [9.17, 15) is 4.79 Å². The SMILES string of the molecule is COc1cccc(NC(=O)c2cccnc2Nc2ccccc2OC)c1. The second-order valence-electron chi connectivity index (χ2n) is 5.41. The summed E-state index contributed by atoms with van der Waals surface area (Å²) in [6.07, 6.45) is 1.63. The van der Waals surface area contributed by atoms with Gasteiger partial charge in [-0.1, -0.05) is 18.2 Å². The number of ether oxygens (including phenoxy) is 2. The lowest BCUT2D eigenvalue weighted by molar-refractivity contribution is 0.102. The van der Waals surface area contributed by atoms with Crippen LogP contribution in [0.4, 0.5) is 17.2 Å². The predicted molar refractivity (Wildman–Crippen MR) is 101 cm³/mol. The Bertz CT molecular complexity index is 912. The molecule has 2 aromatic carbocycles. The van der Waals surface area contributed by atoms with Crippen LogP contribution in [-0.4, -0.2) is 25.1 Å². The first-order valence-corrected chi connectivity index (χ1v) is 8.01. The van der Waals surface area contributed by atoms with Crippen molar-refractivity contribution in [2.24, 2.45) is 0 Å². The van der Waals surface area contributed by atoms with E-state index >= 15 is 0 Å². The maximum absolute atomic E-state index is 12.7. The molecule has 1 heterocycles. The van der Waals surface area contributed by atoms with Crippen molar-refractivity contribution in [1.82, 2.24) is 4.98 Å². The minimum atomic E-state index is -0.274. The van der Waals surface area contributed by atoms with Gasteiger partial charge in [-0.25, -0.2) is 4.98 Å². The number of benzene rings is 2. The smallest absolute Gasteiger partial charge is 0.259 e. The second kappa shape index (κ2) is 8.02. The highest BCUT2D eigenvalue weighted by atomic mass is 16.5. The standard InChI is InChI=1S/C20H19N3O3/c1-25-15-8-5-7-14(13-15)22-20(24)16-9-6-12-21-19(16)23-17-10-3-4-11-18(17)26-2/h3-13H,1-2H3,(H,21,23)(H,22,24). The highest BCUT2D eigenvalue weighted by Crippen LogP contribution is 2.28. The highest BCUT2D eigenvalue weighted by Gasteiger charge is 2.14. The lowest BCUT2D eigenvalue weighted by Crippen LogP contribution is -2.14. The molecule has 6 nitrogen and oxygen atoms in total. The van der Waals surface area contributed by atoms with E-state index in [1.54, 1.807) is 44.7 Å². The number of carbonyl (C=O) groups is 1. The number of nitrogens with zero attached hydrogens (tertiary/aromatic N) is 1. The zero-order valence-electron chi connectivity index (χ0n) is 14.5. The quantitative estimate of drug-likeness (QED) is 0.701. The zero-order chi connectivity index (χ0) is 18.4. The maximum atomic E-state index is 12.7. The zero-order valence-corrected chi connectivity index (χ0v) is 14.5. The Labute approximate surface area is 151 Å². The average molecular weight is 349 g/mol. The van der Waals surface area contributed by atoms with Crippen LogP contribution in [0.25, 0.3) is 0 Å². The number of rotatable bonds is 6. The molecule has 0 saturated heterocycles. The van der Waals surface area contributed by atoms with Gasteiger partial charge in [-0.2, -0.15) is 0 Å². The van der Waals surface area contributed by atoms with Gasteiger partial charge in [0, 0.05) is 18.0 Å². The molecule has 2 N–H and O–H groups in total. The van der Waals surface area contributed by atoms with Gasteiger partial charge in [-0.3, -0.25) is 4.79 Å². The van der Waals surface area contributed by atoms with Gasteiger partial charge in [-0.05, 0) is 36.4 Å². The second-order valence-corrected chi connectivity index (χ2v) is 5.41. The van der Waals surface area contributed by atoms with E-state index < -0.39 is 0 Å². The molecule has 0 unspecified atom stereocenters. The average Bonchev–Trinajstić information content (AvgIpc) is 2.69. The molecule has 0 fully saturated rings. The van der Waals surface area contributed by atoms with Crippen molar-refractivity contribution in [1.29, 1.82) is 0 Å². The van der Waals surface area contributed by atoms with Crippen LogP contribution < -0.4 is 20.1 Å². The number of nitrogens with one attached hydrogen (secondary N) is 2. The number of methoxy groups -OCH3 is 2. The fourth-order valence-corrected chi connectivity index (χ4v) is 2.46. The Morgan fingerprint density at radius 1 is 0.962 bits per heavy atom. The van der Waals surface area contributed by atoms with Gasteiger partial charge >= 0.3 is 0 Å². The first-order chi connectivity index (χ1) is 12.7.